The van der Waals surface area contributed by atoms with Gasteiger partial charge in [0.25, 0.3) is 5.91 Å². The Morgan fingerprint density at radius 3 is 2.20 bits per heavy atom. The van der Waals surface area contributed by atoms with Crippen LogP contribution in [0.15, 0.2) is 36.4 Å². The van der Waals surface area contributed by atoms with Gasteiger partial charge in [-0.25, -0.2) is 19.6 Å². The Balaban J connectivity index is 1.35. The third-order valence-electron chi connectivity index (χ3n) is 8.76. The summed E-state index contributed by atoms with van der Waals surface area (Å²) in [5.74, 6) is -0.534. The van der Waals surface area contributed by atoms with Gasteiger partial charge < -0.3 is 24.5 Å². The van der Waals surface area contributed by atoms with Gasteiger partial charge in [-0.05, 0) is 24.7 Å². The molecule has 0 bridgehead atoms. The predicted octanol–water partition coefficient (Wildman–Crippen LogP) is 4.22. The number of piperazine rings is 1. The van der Waals surface area contributed by atoms with Crippen LogP contribution < -0.4 is 4.90 Å². The number of anilines is 1. The highest BCUT2D eigenvalue weighted by Crippen LogP contribution is 2.52. The Labute approximate surface area is 258 Å². The summed E-state index contributed by atoms with van der Waals surface area (Å²) in [6, 6.07) is 10.6. The monoisotopic (exact) mass is 606 g/mol. The van der Waals surface area contributed by atoms with Crippen LogP contribution >= 0.6 is 0 Å². The van der Waals surface area contributed by atoms with Crippen LogP contribution in [0.2, 0.25) is 0 Å². The molecule has 12 heteroatoms. The minimum Gasteiger partial charge on any atom is -0.481 e. The van der Waals surface area contributed by atoms with Crippen molar-refractivity contribution >= 4 is 29.8 Å². The van der Waals surface area contributed by atoms with E-state index in [1.54, 1.807) is 15.9 Å². The van der Waals surface area contributed by atoms with E-state index in [1.165, 1.54) is 4.90 Å². The molecule has 44 heavy (non-hydrogen) atoms. The highest BCUT2D eigenvalue weighted by Gasteiger charge is 2.60. The van der Waals surface area contributed by atoms with Crippen molar-refractivity contribution in [1.29, 1.82) is 0 Å². The number of carbonyl (C=O) groups is 4. The molecule has 236 valence electrons. The van der Waals surface area contributed by atoms with Crippen molar-refractivity contribution in [2.45, 2.75) is 46.0 Å². The molecule has 1 aromatic carbocycles. The van der Waals surface area contributed by atoms with E-state index < -0.39 is 17.9 Å². The van der Waals surface area contributed by atoms with Gasteiger partial charge in [-0.15, -0.1) is 0 Å². The number of hydrogen-bond donors (Lipinski definition) is 1. The Morgan fingerprint density at radius 2 is 1.57 bits per heavy atom. The smallest absolute Gasteiger partial charge is 0.409 e. The summed E-state index contributed by atoms with van der Waals surface area (Å²) < 4.78 is 5.33. The zero-order chi connectivity index (χ0) is 31.2. The number of ether oxygens (including phenoxy) is 1. The molecule has 3 fully saturated rings. The van der Waals surface area contributed by atoms with Gasteiger partial charge in [0.15, 0.2) is 5.82 Å². The molecular weight excluding hydrogens is 564 g/mol. The second-order valence-corrected chi connectivity index (χ2v) is 11.8. The number of aliphatic carboxylic acids is 1. The molecule has 3 heterocycles. The first-order valence-corrected chi connectivity index (χ1v) is 15.8. The van der Waals surface area contributed by atoms with E-state index in [1.807, 2.05) is 42.2 Å². The maximum absolute atomic E-state index is 14.1. The van der Waals surface area contributed by atoms with Crippen LogP contribution in [0, 0.1) is 17.8 Å². The summed E-state index contributed by atoms with van der Waals surface area (Å²) in [6.07, 6.45) is 3.81. The van der Waals surface area contributed by atoms with Crippen molar-refractivity contribution < 1.29 is 29.0 Å². The minimum atomic E-state index is -0.765. The quantitative estimate of drug-likeness (QED) is 0.373. The van der Waals surface area contributed by atoms with Crippen LogP contribution in [0.1, 0.15) is 56.4 Å². The number of fused-ring (bicyclic) bond motifs is 1. The lowest BCUT2D eigenvalue weighted by atomic mass is 10.2. The molecule has 0 radical (unpaired) electrons. The van der Waals surface area contributed by atoms with Crippen LogP contribution in [0.5, 0.6) is 0 Å². The topological polar surface area (TPSA) is 136 Å². The lowest BCUT2D eigenvalue weighted by Crippen LogP contribution is -2.55. The van der Waals surface area contributed by atoms with Gasteiger partial charge in [0.05, 0.1) is 12.5 Å². The third-order valence-corrected chi connectivity index (χ3v) is 8.76. The highest BCUT2D eigenvalue weighted by molar-refractivity contribution is 6.03. The number of benzene rings is 1. The Bertz CT molecular complexity index is 1340. The zero-order valence-corrected chi connectivity index (χ0v) is 25.6. The summed E-state index contributed by atoms with van der Waals surface area (Å²) in [6.45, 7) is 7.06. The number of piperidine rings is 1. The molecule has 2 saturated heterocycles. The Morgan fingerprint density at radius 1 is 0.909 bits per heavy atom. The second kappa shape index (κ2) is 14.0. The van der Waals surface area contributed by atoms with Crippen LogP contribution in [-0.2, 0) is 9.53 Å². The van der Waals surface area contributed by atoms with E-state index in [-0.39, 0.29) is 36.1 Å². The molecule has 2 unspecified atom stereocenters. The van der Waals surface area contributed by atoms with E-state index in [9.17, 15) is 24.3 Å². The van der Waals surface area contributed by atoms with Gasteiger partial charge >= 0.3 is 18.1 Å². The molecule has 1 aromatic heterocycles. The van der Waals surface area contributed by atoms with Crippen molar-refractivity contribution in [1.82, 2.24) is 24.7 Å². The first kappa shape index (κ1) is 31.2. The van der Waals surface area contributed by atoms with Crippen LogP contribution in [0.25, 0.3) is 11.4 Å². The van der Waals surface area contributed by atoms with Crippen LogP contribution in [0.4, 0.5) is 15.4 Å². The predicted molar refractivity (Wildman–Crippen MR) is 163 cm³/mol. The number of amides is 4. The lowest BCUT2D eigenvalue weighted by Gasteiger charge is -2.36. The molecule has 1 saturated carbocycles. The SMILES string of the molecule is CCCCCN(C(=O)c1cc(N2CC3C(C2)C3C(=O)O)nc(-c2ccccc2)n1)C(=O)N1CCN(C(=O)OCCCC)CC1. The average Bonchev–Trinajstić information content (AvgIpc) is 3.57. The van der Waals surface area contributed by atoms with Crippen molar-refractivity contribution in [2.75, 3.05) is 57.3 Å². The van der Waals surface area contributed by atoms with Crippen molar-refractivity contribution in [3.05, 3.63) is 42.1 Å². The first-order valence-electron chi connectivity index (χ1n) is 15.8. The number of unbranched alkanes of at least 4 members (excludes halogenated alkanes) is 3. The molecule has 3 aliphatic rings. The van der Waals surface area contributed by atoms with E-state index in [2.05, 4.69) is 11.9 Å². The average molecular weight is 607 g/mol. The van der Waals surface area contributed by atoms with Gasteiger partial charge in [-0.2, -0.15) is 0 Å². The number of imide groups is 1. The third kappa shape index (κ3) is 6.95. The molecule has 2 atom stereocenters. The largest absolute Gasteiger partial charge is 0.481 e. The number of carboxylic acid groups (broad SMARTS) is 1. The minimum absolute atomic E-state index is 0.0662. The van der Waals surface area contributed by atoms with E-state index in [0.717, 1.165) is 31.2 Å². The zero-order valence-electron chi connectivity index (χ0n) is 25.6. The molecule has 0 spiro atoms. The fraction of sp³-hybridized carbons (Fsp3) is 0.562. The van der Waals surface area contributed by atoms with Crippen LogP contribution in [0.3, 0.4) is 0 Å². The number of rotatable bonds is 11. The molecule has 4 amide bonds. The van der Waals surface area contributed by atoms with E-state index >= 15 is 0 Å². The Hall–Kier alpha value is -4.22. The number of aromatic nitrogens is 2. The molecule has 12 nitrogen and oxygen atoms in total. The standard InChI is InChI=1S/C32H42N6O6/c1-3-5-10-13-38(31(42)35-14-16-36(17-15-35)32(43)44-18-6-4-2)29(39)25-19-26(34-28(33-25)22-11-8-7-9-12-22)37-20-23-24(21-37)27(23)30(40)41/h7-9,11-12,19,23-24,27H,3-6,10,13-18,20-21H2,1-2H3,(H,40,41). The Kier molecular flexibility index (Phi) is 9.96. The molecule has 5 rings (SSSR count). The van der Waals surface area contributed by atoms with E-state index in [0.29, 0.717) is 63.9 Å². The fourth-order valence-electron chi connectivity index (χ4n) is 6.09. The summed E-state index contributed by atoms with van der Waals surface area (Å²) >= 11 is 0. The summed E-state index contributed by atoms with van der Waals surface area (Å²) in [5.41, 5.74) is 0.856. The number of carboxylic acids is 1. The van der Waals surface area contributed by atoms with Crippen LogP contribution in [-0.4, -0.2) is 106 Å². The number of urea groups is 1. The van der Waals surface area contributed by atoms with Crippen molar-refractivity contribution in [3.8, 4) is 11.4 Å². The van der Waals surface area contributed by atoms with Crippen molar-refractivity contribution in [3.63, 3.8) is 0 Å². The van der Waals surface area contributed by atoms with Gasteiger partial charge in [-0.1, -0.05) is 63.4 Å². The van der Waals surface area contributed by atoms with Gasteiger partial charge in [0, 0.05) is 57.4 Å². The summed E-state index contributed by atoms with van der Waals surface area (Å²) in [4.78, 5) is 67.8. The highest BCUT2D eigenvalue weighted by atomic mass is 16.6. The summed E-state index contributed by atoms with van der Waals surface area (Å²) in [7, 11) is 0. The maximum atomic E-state index is 14.1. The van der Waals surface area contributed by atoms with E-state index in [4.69, 9.17) is 9.72 Å². The normalized spacial score (nSPS) is 20.7. The second-order valence-electron chi connectivity index (χ2n) is 11.8. The number of carbonyl (C=O) groups excluding carboxylic acids is 3. The molecular formula is C32H42N6O6. The van der Waals surface area contributed by atoms with Crippen molar-refractivity contribution in [2.24, 2.45) is 17.8 Å². The fourth-order valence-corrected chi connectivity index (χ4v) is 6.09. The number of hydrogen-bond acceptors (Lipinski definition) is 8. The molecule has 1 N–H and O–H groups in total. The van der Waals surface area contributed by atoms with Gasteiger partial charge in [-0.3, -0.25) is 14.5 Å². The van der Waals surface area contributed by atoms with Gasteiger partial charge in [0.2, 0.25) is 0 Å². The number of nitrogens with zero attached hydrogens (tertiary/aromatic N) is 6. The van der Waals surface area contributed by atoms with Gasteiger partial charge in [0.1, 0.15) is 11.5 Å². The molecule has 2 aromatic rings. The lowest BCUT2D eigenvalue weighted by molar-refractivity contribution is -0.139. The summed E-state index contributed by atoms with van der Waals surface area (Å²) in [5, 5.41) is 9.46. The first-order chi connectivity index (χ1) is 21.3. The maximum Gasteiger partial charge on any atom is 0.409 e. The molecule has 1 aliphatic carbocycles. The molecule has 2 aliphatic heterocycles.